The number of rotatable bonds is 7. The maximum absolute atomic E-state index is 13.1. The molecule has 1 aromatic heterocycles. The Bertz CT molecular complexity index is 1320. The molecule has 0 aliphatic heterocycles. The first-order valence-electron chi connectivity index (χ1n) is 9.76. The van der Waals surface area contributed by atoms with Gasteiger partial charge in [0.25, 0.3) is 15.9 Å². The molecule has 4 rings (SSSR count). The number of carbonyl (C=O) groups is 1. The van der Waals surface area contributed by atoms with Crippen molar-refractivity contribution in [2.24, 2.45) is 0 Å². The number of anilines is 1. The van der Waals surface area contributed by atoms with Gasteiger partial charge in [0, 0.05) is 5.56 Å². The van der Waals surface area contributed by atoms with Crippen LogP contribution in [-0.4, -0.2) is 24.5 Å². The summed E-state index contributed by atoms with van der Waals surface area (Å²) in [6, 6.07) is 24.9. The average molecular weight is 465 g/mol. The maximum Gasteiger partial charge on any atom is 0.270 e. The van der Waals surface area contributed by atoms with Gasteiger partial charge in [0.15, 0.2) is 0 Å². The molecule has 1 heterocycles. The van der Waals surface area contributed by atoms with E-state index in [0.717, 1.165) is 28.0 Å². The SMILES string of the molecule is Cc1cccc([C@H](NS(=O)(=O)c2nnc(NC(=O)c3ccccc3)s2)c2ccccc2)c1. The van der Waals surface area contributed by atoms with Crippen LogP contribution >= 0.6 is 11.3 Å². The number of aryl methyl sites for hydroxylation is 1. The molecule has 1 amide bonds. The highest BCUT2D eigenvalue weighted by molar-refractivity contribution is 7.91. The Labute approximate surface area is 190 Å². The smallest absolute Gasteiger partial charge is 0.270 e. The molecule has 0 bridgehead atoms. The molecule has 162 valence electrons. The summed E-state index contributed by atoms with van der Waals surface area (Å²) >= 11 is 0.794. The monoisotopic (exact) mass is 464 g/mol. The van der Waals surface area contributed by atoms with Crippen molar-refractivity contribution in [1.29, 1.82) is 0 Å². The number of amides is 1. The molecule has 7 nitrogen and oxygen atoms in total. The van der Waals surface area contributed by atoms with Crippen molar-refractivity contribution in [2.45, 2.75) is 17.3 Å². The summed E-state index contributed by atoms with van der Waals surface area (Å²) in [6.45, 7) is 1.95. The zero-order chi connectivity index (χ0) is 22.6. The fraction of sp³-hybridized carbons (Fsp3) is 0.0870. The third-order valence-corrected chi connectivity index (χ3v) is 7.30. The lowest BCUT2D eigenvalue weighted by Crippen LogP contribution is -2.29. The van der Waals surface area contributed by atoms with E-state index in [0.29, 0.717) is 5.56 Å². The molecule has 2 N–H and O–H groups in total. The number of carbonyl (C=O) groups excluding carboxylic acids is 1. The zero-order valence-electron chi connectivity index (χ0n) is 17.1. The Balaban J connectivity index is 1.59. The Kier molecular flexibility index (Phi) is 6.40. The fourth-order valence-corrected chi connectivity index (χ4v) is 5.28. The minimum Gasteiger partial charge on any atom is -0.296 e. The molecule has 1 atom stereocenters. The lowest BCUT2D eigenvalue weighted by atomic mass is 9.98. The van der Waals surface area contributed by atoms with Crippen molar-refractivity contribution >= 4 is 32.4 Å². The van der Waals surface area contributed by atoms with Crippen molar-refractivity contribution < 1.29 is 13.2 Å². The Hall–Kier alpha value is -3.40. The first kappa shape index (κ1) is 21.8. The van der Waals surface area contributed by atoms with E-state index in [1.807, 2.05) is 61.5 Å². The summed E-state index contributed by atoms with van der Waals surface area (Å²) in [5.41, 5.74) is 3.06. The number of nitrogens with zero attached hydrogens (tertiary/aromatic N) is 2. The summed E-state index contributed by atoms with van der Waals surface area (Å²) < 4.78 is 28.8. The predicted molar refractivity (Wildman–Crippen MR) is 124 cm³/mol. The van der Waals surface area contributed by atoms with Crippen molar-refractivity contribution in [3.8, 4) is 0 Å². The normalized spacial score (nSPS) is 12.3. The number of nitrogens with one attached hydrogen (secondary N) is 2. The number of hydrogen-bond donors (Lipinski definition) is 2. The molecule has 0 saturated heterocycles. The first-order chi connectivity index (χ1) is 15.4. The van der Waals surface area contributed by atoms with Crippen LogP contribution in [-0.2, 0) is 10.0 Å². The van der Waals surface area contributed by atoms with E-state index in [1.165, 1.54) is 0 Å². The van der Waals surface area contributed by atoms with Gasteiger partial charge in [-0.05, 0) is 30.2 Å². The zero-order valence-corrected chi connectivity index (χ0v) is 18.7. The molecule has 0 spiro atoms. The highest BCUT2D eigenvalue weighted by Gasteiger charge is 2.27. The Morgan fingerprint density at radius 1 is 0.875 bits per heavy atom. The molecule has 32 heavy (non-hydrogen) atoms. The summed E-state index contributed by atoms with van der Waals surface area (Å²) in [5, 5.41) is 10.3. The minimum atomic E-state index is -4.00. The molecule has 0 saturated carbocycles. The fourth-order valence-electron chi connectivity index (χ4n) is 3.16. The van der Waals surface area contributed by atoms with Crippen molar-refractivity contribution in [2.75, 3.05) is 5.32 Å². The van der Waals surface area contributed by atoms with Crippen molar-refractivity contribution in [3.63, 3.8) is 0 Å². The number of aromatic nitrogens is 2. The topological polar surface area (TPSA) is 101 Å². The van der Waals surface area contributed by atoms with E-state index in [1.54, 1.807) is 30.3 Å². The van der Waals surface area contributed by atoms with Crippen LogP contribution in [0.25, 0.3) is 0 Å². The highest BCUT2D eigenvalue weighted by Crippen LogP contribution is 2.27. The Morgan fingerprint density at radius 2 is 1.53 bits per heavy atom. The third-order valence-electron chi connectivity index (χ3n) is 4.67. The Morgan fingerprint density at radius 3 is 2.22 bits per heavy atom. The summed E-state index contributed by atoms with van der Waals surface area (Å²) in [5.74, 6) is -0.388. The maximum atomic E-state index is 13.1. The van der Waals surface area contributed by atoms with Gasteiger partial charge in [0.05, 0.1) is 6.04 Å². The second-order valence-corrected chi connectivity index (χ2v) is 9.94. The van der Waals surface area contributed by atoms with Crippen molar-refractivity contribution in [3.05, 3.63) is 107 Å². The van der Waals surface area contributed by atoms with Crippen LogP contribution in [0.1, 0.15) is 33.1 Å². The lowest BCUT2D eigenvalue weighted by molar-refractivity contribution is 0.102. The highest BCUT2D eigenvalue weighted by atomic mass is 32.2. The number of sulfonamides is 1. The lowest BCUT2D eigenvalue weighted by Gasteiger charge is -2.19. The van der Waals surface area contributed by atoms with Crippen LogP contribution in [0, 0.1) is 6.92 Å². The van der Waals surface area contributed by atoms with Gasteiger partial charge in [0.2, 0.25) is 9.47 Å². The van der Waals surface area contributed by atoms with Gasteiger partial charge >= 0.3 is 0 Å². The number of benzene rings is 3. The van der Waals surface area contributed by atoms with Crippen LogP contribution < -0.4 is 10.0 Å². The second kappa shape index (κ2) is 9.39. The minimum absolute atomic E-state index is 0.103. The summed E-state index contributed by atoms with van der Waals surface area (Å²) in [6.07, 6.45) is 0. The van der Waals surface area contributed by atoms with E-state index in [9.17, 15) is 13.2 Å². The largest absolute Gasteiger partial charge is 0.296 e. The van der Waals surface area contributed by atoms with E-state index in [4.69, 9.17) is 0 Å². The van der Waals surface area contributed by atoms with Gasteiger partial charge in [-0.1, -0.05) is 89.7 Å². The molecule has 9 heteroatoms. The number of hydrogen-bond acceptors (Lipinski definition) is 6. The predicted octanol–water partition coefficient (Wildman–Crippen LogP) is 4.17. The molecule has 0 fully saturated rings. The molecule has 3 aromatic carbocycles. The molecule has 0 aliphatic rings. The van der Waals surface area contributed by atoms with Crippen LogP contribution in [0.3, 0.4) is 0 Å². The standard InChI is InChI=1S/C23H20N4O3S2/c1-16-9-8-14-19(15-16)20(17-10-4-2-5-11-17)27-32(29,30)23-26-25-22(31-23)24-21(28)18-12-6-3-7-13-18/h2-15,20,27H,1H3,(H,24,25,28)/t20-/m1/s1. The van der Waals surface area contributed by atoms with Crippen LogP contribution in [0.5, 0.6) is 0 Å². The quantitative estimate of drug-likeness (QED) is 0.400. The molecular weight excluding hydrogens is 444 g/mol. The van der Waals surface area contributed by atoms with E-state index < -0.39 is 16.1 Å². The molecule has 0 radical (unpaired) electrons. The molecular formula is C23H20N4O3S2. The average Bonchev–Trinajstić information content (AvgIpc) is 3.28. The molecule has 0 aliphatic carbocycles. The van der Waals surface area contributed by atoms with Gasteiger partial charge in [-0.2, -0.15) is 4.72 Å². The summed E-state index contributed by atoms with van der Waals surface area (Å²) in [4.78, 5) is 12.3. The molecule has 0 unspecified atom stereocenters. The second-order valence-electron chi connectivity index (χ2n) is 7.07. The van der Waals surface area contributed by atoms with Gasteiger partial charge in [0.1, 0.15) is 0 Å². The van der Waals surface area contributed by atoms with Gasteiger partial charge in [-0.3, -0.25) is 10.1 Å². The third kappa shape index (κ3) is 5.08. The van der Waals surface area contributed by atoms with Crippen LogP contribution in [0.4, 0.5) is 5.13 Å². The van der Waals surface area contributed by atoms with Crippen LogP contribution in [0.2, 0.25) is 0 Å². The first-order valence-corrected chi connectivity index (χ1v) is 12.1. The molecule has 4 aromatic rings. The van der Waals surface area contributed by atoms with Gasteiger partial charge < -0.3 is 0 Å². The van der Waals surface area contributed by atoms with Gasteiger partial charge in [-0.25, -0.2) is 8.42 Å². The van der Waals surface area contributed by atoms with Crippen LogP contribution in [0.15, 0.2) is 89.3 Å². The van der Waals surface area contributed by atoms with E-state index >= 15 is 0 Å². The van der Waals surface area contributed by atoms with Crippen molar-refractivity contribution in [1.82, 2.24) is 14.9 Å². The van der Waals surface area contributed by atoms with E-state index in [2.05, 4.69) is 20.2 Å². The van der Waals surface area contributed by atoms with Gasteiger partial charge in [-0.15, -0.1) is 10.2 Å². The summed E-state index contributed by atoms with van der Waals surface area (Å²) in [7, 11) is -4.00. The van der Waals surface area contributed by atoms with E-state index in [-0.39, 0.29) is 15.4 Å².